The number of fused-ring (bicyclic) bond motifs is 2. The van der Waals surface area contributed by atoms with Crippen molar-refractivity contribution < 1.29 is 14.3 Å². The highest BCUT2D eigenvalue weighted by atomic mass is 16.5. The van der Waals surface area contributed by atoms with Crippen molar-refractivity contribution in [3.8, 4) is 17.1 Å². The zero-order valence-electron chi connectivity index (χ0n) is 17.6. The lowest BCUT2D eigenvalue weighted by Gasteiger charge is -2.11. The second kappa shape index (κ2) is 7.52. The molecule has 32 heavy (non-hydrogen) atoms. The predicted molar refractivity (Wildman–Crippen MR) is 117 cm³/mol. The standard InChI is InChI=1S/C23H22N6O3/c1-13-18-9-25-20(26-23(30)14-2-3-14)8-17(18)19(10-24-13)22-27-21-5-4-15(11-29(21)28-22)32-16-6-7-31-12-16/h4-5,8-11,14,16H,2-3,6-7,12H2,1H3,(H,25,26,30). The largest absolute Gasteiger partial charge is 0.486 e. The zero-order chi connectivity index (χ0) is 21.7. The molecule has 9 heteroatoms. The number of pyridine rings is 3. The van der Waals surface area contributed by atoms with E-state index < -0.39 is 0 Å². The summed E-state index contributed by atoms with van der Waals surface area (Å²) in [5.74, 6) is 1.94. The molecule has 4 aromatic rings. The van der Waals surface area contributed by atoms with Crippen molar-refractivity contribution >= 4 is 28.1 Å². The van der Waals surface area contributed by atoms with E-state index in [4.69, 9.17) is 9.47 Å². The van der Waals surface area contributed by atoms with Gasteiger partial charge in [0, 0.05) is 46.8 Å². The van der Waals surface area contributed by atoms with Crippen LogP contribution in [0.15, 0.2) is 36.8 Å². The Bertz CT molecular complexity index is 1340. The molecule has 9 nitrogen and oxygen atoms in total. The number of rotatable bonds is 5. The first-order chi connectivity index (χ1) is 15.6. The van der Waals surface area contributed by atoms with Crippen molar-refractivity contribution in [3.05, 3.63) is 42.5 Å². The fourth-order valence-electron chi connectivity index (χ4n) is 3.93. The minimum atomic E-state index is 0.0234. The smallest absolute Gasteiger partial charge is 0.228 e. The van der Waals surface area contributed by atoms with Gasteiger partial charge in [-0.3, -0.25) is 9.78 Å². The molecular weight excluding hydrogens is 408 g/mol. The first-order valence-corrected chi connectivity index (χ1v) is 10.8. The summed E-state index contributed by atoms with van der Waals surface area (Å²) < 4.78 is 13.1. The fraction of sp³-hybridized carbons (Fsp3) is 0.348. The van der Waals surface area contributed by atoms with Gasteiger partial charge in [-0.25, -0.2) is 14.5 Å². The molecule has 1 aliphatic heterocycles. The average molecular weight is 430 g/mol. The number of ether oxygens (including phenoxy) is 2. The third-order valence-electron chi connectivity index (χ3n) is 5.91. The molecule has 5 heterocycles. The van der Waals surface area contributed by atoms with Crippen LogP contribution in [0.5, 0.6) is 5.75 Å². The normalized spacial score (nSPS) is 18.3. The SMILES string of the molecule is Cc1ncc(-c2nc3ccc(OC4CCOC4)cn3n2)c2cc(NC(=O)C3CC3)ncc12. The Kier molecular flexibility index (Phi) is 4.50. The molecule has 162 valence electrons. The number of carbonyl (C=O) groups excluding carboxylic acids is 1. The van der Waals surface area contributed by atoms with E-state index in [0.717, 1.165) is 53.6 Å². The minimum Gasteiger partial charge on any atom is -0.486 e. The molecule has 1 amide bonds. The maximum absolute atomic E-state index is 12.2. The number of nitrogens with one attached hydrogen (secondary N) is 1. The van der Waals surface area contributed by atoms with Gasteiger partial charge in [-0.1, -0.05) is 0 Å². The van der Waals surface area contributed by atoms with Crippen LogP contribution < -0.4 is 10.1 Å². The van der Waals surface area contributed by atoms with E-state index in [2.05, 4.69) is 25.4 Å². The molecule has 0 bridgehead atoms. The van der Waals surface area contributed by atoms with Crippen molar-refractivity contribution in [2.24, 2.45) is 5.92 Å². The van der Waals surface area contributed by atoms with Gasteiger partial charge in [-0.15, -0.1) is 5.10 Å². The molecule has 2 fully saturated rings. The van der Waals surface area contributed by atoms with Crippen LogP contribution in [0, 0.1) is 12.8 Å². The summed E-state index contributed by atoms with van der Waals surface area (Å²) in [7, 11) is 0. The monoisotopic (exact) mass is 430 g/mol. The van der Waals surface area contributed by atoms with Crippen LogP contribution in [-0.2, 0) is 9.53 Å². The molecule has 1 saturated carbocycles. The first-order valence-electron chi connectivity index (χ1n) is 10.8. The molecule has 0 radical (unpaired) electrons. The predicted octanol–water partition coefficient (Wildman–Crippen LogP) is 3.16. The summed E-state index contributed by atoms with van der Waals surface area (Å²) in [6.45, 7) is 3.27. The van der Waals surface area contributed by atoms with E-state index in [9.17, 15) is 4.79 Å². The number of aryl methyl sites for hydroxylation is 1. The summed E-state index contributed by atoms with van der Waals surface area (Å²) in [6, 6.07) is 5.65. The van der Waals surface area contributed by atoms with Gasteiger partial charge in [0.1, 0.15) is 17.7 Å². The molecule has 0 spiro atoms. The van der Waals surface area contributed by atoms with Crippen molar-refractivity contribution in [2.45, 2.75) is 32.3 Å². The van der Waals surface area contributed by atoms with Crippen LogP contribution in [0.25, 0.3) is 27.8 Å². The molecular formula is C23H22N6O3. The molecule has 1 atom stereocenters. The number of hydrogen-bond donors (Lipinski definition) is 1. The number of nitrogens with zero attached hydrogens (tertiary/aromatic N) is 5. The van der Waals surface area contributed by atoms with E-state index in [1.165, 1.54) is 0 Å². The van der Waals surface area contributed by atoms with Crippen LogP contribution >= 0.6 is 0 Å². The fourth-order valence-corrected chi connectivity index (χ4v) is 3.93. The maximum atomic E-state index is 12.2. The average Bonchev–Trinajstić information content (AvgIpc) is 3.37. The Balaban J connectivity index is 1.37. The Labute approximate surface area is 183 Å². The van der Waals surface area contributed by atoms with Gasteiger partial charge >= 0.3 is 0 Å². The number of amides is 1. The minimum absolute atomic E-state index is 0.0234. The highest BCUT2D eigenvalue weighted by Gasteiger charge is 2.30. The molecule has 1 saturated heterocycles. The van der Waals surface area contributed by atoms with Crippen LogP contribution in [-0.4, -0.2) is 49.8 Å². The number of aromatic nitrogens is 5. The van der Waals surface area contributed by atoms with E-state index >= 15 is 0 Å². The molecule has 1 N–H and O–H groups in total. The quantitative estimate of drug-likeness (QED) is 0.519. The topological polar surface area (TPSA) is 104 Å². The van der Waals surface area contributed by atoms with Crippen molar-refractivity contribution in [2.75, 3.05) is 18.5 Å². The third kappa shape index (κ3) is 3.54. The lowest BCUT2D eigenvalue weighted by Crippen LogP contribution is -2.15. The van der Waals surface area contributed by atoms with Gasteiger partial charge in [0.2, 0.25) is 5.91 Å². The van der Waals surface area contributed by atoms with Gasteiger partial charge in [0.15, 0.2) is 11.5 Å². The van der Waals surface area contributed by atoms with E-state index in [1.807, 2.05) is 31.3 Å². The number of hydrogen-bond acceptors (Lipinski definition) is 7. The van der Waals surface area contributed by atoms with Crippen LogP contribution in [0.3, 0.4) is 0 Å². The molecule has 6 rings (SSSR count). The lowest BCUT2D eigenvalue weighted by atomic mass is 10.1. The second-order valence-electron chi connectivity index (χ2n) is 8.34. The Morgan fingerprint density at radius 1 is 1.19 bits per heavy atom. The summed E-state index contributed by atoms with van der Waals surface area (Å²) in [4.78, 5) is 25.8. The number of anilines is 1. The highest BCUT2D eigenvalue weighted by molar-refractivity contribution is 5.99. The molecule has 0 aromatic carbocycles. The van der Waals surface area contributed by atoms with E-state index in [1.54, 1.807) is 16.9 Å². The van der Waals surface area contributed by atoms with E-state index in [-0.39, 0.29) is 17.9 Å². The summed E-state index contributed by atoms with van der Waals surface area (Å²) in [6.07, 6.45) is 8.18. The molecule has 1 aliphatic carbocycles. The van der Waals surface area contributed by atoms with Gasteiger partial charge in [0.25, 0.3) is 0 Å². The van der Waals surface area contributed by atoms with Crippen LogP contribution in [0.4, 0.5) is 5.82 Å². The van der Waals surface area contributed by atoms with Gasteiger partial charge in [-0.2, -0.15) is 0 Å². The molecule has 4 aromatic heterocycles. The Hall–Kier alpha value is -3.59. The number of carbonyl (C=O) groups is 1. The van der Waals surface area contributed by atoms with Crippen LogP contribution in [0.1, 0.15) is 25.0 Å². The van der Waals surface area contributed by atoms with Gasteiger partial charge < -0.3 is 14.8 Å². The second-order valence-corrected chi connectivity index (χ2v) is 8.34. The summed E-state index contributed by atoms with van der Waals surface area (Å²) in [5.41, 5.74) is 2.35. The lowest BCUT2D eigenvalue weighted by molar-refractivity contribution is -0.117. The summed E-state index contributed by atoms with van der Waals surface area (Å²) >= 11 is 0. The van der Waals surface area contributed by atoms with E-state index in [0.29, 0.717) is 23.9 Å². The molecule has 1 unspecified atom stereocenters. The Morgan fingerprint density at radius 3 is 2.91 bits per heavy atom. The third-order valence-corrected chi connectivity index (χ3v) is 5.91. The van der Waals surface area contributed by atoms with Crippen molar-refractivity contribution in [1.29, 1.82) is 0 Å². The first kappa shape index (κ1) is 19.1. The highest BCUT2D eigenvalue weighted by Crippen LogP contribution is 2.32. The van der Waals surface area contributed by atoms with Crippen molar-refractivity contribution in [1.82, 2.24) is 24.6 Å². The van der Waals surface area contributed by atoms with Gasteiger partial charge in [0.05, 0.1) is 19.4 Å². The van der Waals surface area contributed by atoms with Gasteiger partial charge in [-0.05, 0) is 38.0 Å². The zero-order valence-corrected chi connectivity index (χ0v) is 17.6. The maximum Gasteiger partial charge on any atom is 0.228 e. The Morgan fingerprint density at radius 2 is 2.09 bits per heavy atom. The van der Waals surface area contributed by atoms with Crippen LogP contribution in [0.2, 0.25) is 0 Å². The van der Waals surface area contributed by atoms with Crippen molar-refractivity contribution in [3.63, 3.8) is 0 Å². The molecule has 2 aliphatic rings. The summed E-state index contributed by atoms with van der Waals surface area (Å²) in [5, 5.41) is 9.39.